The highest BCUT2D eigenvalue weighted by Gasteiger charge is 2.02. The van der Waals surface area contributed by atoms with Crippen LogP contribution in [0, 0.1) is 11.3 Å². The number of nitriles is 1. The maximum absolute atomic E-state index is 8.94. The monoisotopic (exact) mass is 203 g/mol. The van der Waals surface area contributed by atoms with Gasteiger partial charge in [-0.25, -0.2) is 0 Å². The van der Waals surface area contributed by atoms with E-state index >= 15 is 0 Å². The van der Waals surface area contributed by atoms with Crippen LogP contribution in [0.3, 0.4) is 0 Å². The summed E-state index contributed by atoms with van der Waals surface area (Å²) in [5.41, 5.74) is 2.67. The molecule has 80 valence electrons. The van der Waals surface area contributed by atoms with Crippen molar-refractivity contribution in [1.29, 1.82) is 5.26 Å². The van der Waals surface area contributed by atoms with Gasteiger partial charge >= 0.3 is 0 Å². The number of aryl methyl sites for hydroxylation is 1. The fourth-order valence-electron chi connectivity index (χ4n) is 1.42. The Balaban J connectivity index is 2.71. The van der Waals surface area contributed by atoms with Crippen molar-refractivity contribution in [3.8, 4) is 6.07 Å². The number of hydrogen-bond donors (Lipinski definition) is 1. The second-order valence-electron chi connectivity index (χ2n) is 3.48. The van der Waals surface area contributed by atoms with Crippen LogP contribution in [-0.4, -0.2) is 11.5 Å². The van der Waals surface area contributed by atoms with Crippen LogP contribution >= 0.6 is 0 Å². The molecular formula is C12H17N3. The Morgan fingerprint density at radius 2 is 2.27 bits per heavy atom. The molecule has 0 aliphatic heterocycles. The molecule has 1 aromatic heterocycles. The Labute approximate surface area is 91.1 Å². The lowest BCUT2D eigenvalue weighted by Crippen LogP contribution is -2.14. The van der Waals surface area contributed by atoms with Crippen LogP contribution in [0.5, 0.6) is 0 Å². The standard InChI is InChI=1S/C12H17N3/c1-3-5-14-8-10-6-11(7-13)12(4-2)15-9-10/h6,9,14H,3-5,8H2,1-2H3. The molecule has 3 heteroatoms. The van der Waals surface area contributed by atoms with Crippen LogP contribution in [0.15, 0.2) is 12.3 Å². The van der Waals surface area contributed by atoms with Crippen LogP contribution in [-0.2, 0) is 13.0 Å². The summed E-state index contributed by atoms with van der Waals surface area (Å²) in [6.45, 7) is 5.93. The first-order chi connectivity index (χ1) is 7.31. The predicted octanol–water partition coefficient (Wildman–Crippen LogP) is 2.02. The minimum absolute atomic E-state index is 0.702. The van der Waals surface area contributed by atoms with Gasteiger partial charge in [0.1, 0.15) is 6.07 Å². The Kier molecular flexibility index (Phi) is 4.79. The van der Waals surface area contributed by atoms with Crippen LogP contribution in [0.4, 0.5) is 0 Å². The van der Waals surface area contributed by atoms with Crippen LogP contribution in [0.1, 0.15) is 37.1 Å². The van der Waals surface area contributed by atoms with Gasteiger partial charge in [0, 0.05) is 12.7 Å². The van der Waals surface area contributed by atoms with E-state index < -0.39 is 0 Å². The average molecular weight is 203 g/mol. The molecule has 0 aromatic carbocycles. The van der Waals surface area contributed by atoms with Crippen molar-refractivity contribution in [3.05, 3.63) is 29.1 Å². The van der Waals surface area contributed by atoms with Gasteiger partial charge in [-0.1, -0.05) is 13.8 Å². The number of rotatable bonds is 5. The molecule has 1 N–H and O–H groups in total. The van der Waals surface area contributed by atoms with E-state index in [4.69, 9.17) is 5.26 Å². The third-order valence-electron chi connectivity index (χ3n) is 2.24. The Morgan fingerprint density at radius 3 is 2.87 bits per heavy atom. The zero-order chi connectivity index (χ0) is 11.1. The molecule has 0 unspecified atom stereocenters. The first kappa shape index (κ1) is 11.7. The van der Waals surface area contributed by atoms with Gasteiger partial charge in [0.15, 0.2) is 0 Å². The normalized spacial score (nSPS) is 9.93. The molecule has 0 aliphatic rings. The van der Waals surface area contributed by atoms with E-state index in [0.717, 1.165) is 37.2 Å². The topological polar surface area (TPSA) is 48.7 Å². The lowest BCUT2D eigenvalue weighted by atomic mass is 10.1. The molecule has 1 rings (SSSR count). The van der Waals surface area contributed by atoms with Crippen LogP contribution in [0.2, 0.25) is 0 Å². The van der Waals surface area contributed by atoms with E-state index in [1.54, 1.807) is 0 Å². The number of aromatic nitrogens is 1. The highest BCUT2D eigenvalue weighted by molar-refractivity contribution is 5.35. The lowest BCUT2D eigenvalue weighted by Gasteiger charge is -2.05. The maximum atomic E-state index is 8.94. The molecule has 3 nitrogen and oxygen atoms in total. The molecule has 0 spiro atoms. The van der Waals surface area contributed by atoms with E-state index in [2.05, 4.69) is 23.3 Å². The highest BCUT2D eigenvalue weighted by atomic mass is 14.8. The van der Waals surface area contributed by atoms with Gasteiger partial charge in [-0.05, 0) is 31.0 Å². The van der Waals surface area contributed by atoms with E-state index in [-0.39, 0.29) is 0 Å². The summed E-state index contributed by atoms with van der Waals surface area (Å²) < 4.78 is 0. The van der Waals surface area contributed by atoms with E-state index in [0.29, 0.717) is 5.56 Å². The molecule has 0 saturated carbocycles. The molecule has 0 amide bonds. The predicted molar refractivity (Wildman–Crippen MR) is 60.3 cm³/mol. The molecule has 0 atom stereocenters. The van der Waals surface area contributed by atoms with E-state index in [9.17, 15) is 0 Å². The molecule has 0 saturated heterocycles. The summed E-state index contributed by atoms with van der Waals surface area (Å²) in [6, 6.07) is 4.11. The summed E-state index contributed by atoms with van der Waals surface area (Å²) in [5, 5.41) is 12.2. The summed E-state index contributed by atoms with van der Waals surface area (Å²) in [5.74, 6) is 0. The first-order valence-electron chi connectivity index (χ1n) is 5.40. The molecule has 0 bridgehead atoms. The second kappa shape index (κ2) is 6.15. The Hall–Kier alpha value is -1.40. The van der Waals surface area contributed by atoms with Gasteiger partial charge < -0.3 is 5.32 Å². The smallest absolute Gasteiger partial charge is 0.101 e. The van der Waals surface area contributed by atoms with Gasteiger partial charge in [-0.3, -0.25) is 4.98 Å². The maximum Gasteiger partial charge on any atom is 0.101 e. The fourth-order valence-corrected chi connectivity index (χ4v) is 1.42. The number of nitrogens with one attached hydrogen (secondary N) is 1. The lowest BCUT2D eigenvalue weighted by molar-refractivity contribution is 0.673. The Bertz CT molecular complexity index is 352. The molecule has 0 radical (unpaired) electrons. The minimum Gasteiger partial charge on any atom is -0.313 e. The minimum atomic E-state index is 0.702. The average Bonchev–Trinajstić information content (AvgIpc) is 2.29. The largest absolute Gasteiger partial charge is 0.313 e. The third-order valence-corrected chi connectivity index (χ3v) is 2.24. The van der Waals surface area contributed by atoms with Gasteiger partial charge in [0.2, 0.25) is 0 Å². The van der Waals surface area contributed by atoms with Crippen molar-refractivity contribution >= 4 is 0 Å². The van der Waals surface area contributed by atoms with E-state index in [1.807, 2.05) is 19.2 Å². The van der Waals surface area contributed by atoms with Gasteiger partial charge in [0.05, 0.1) is 11.3 Å². The van der Waals surface area contributed by atoms with Crippen LogP contribution < -0.4 is 5.32 Å². The highest BCUT2D eigenvalue weighted by Crippen LogP contribution is 2.08. The molecule has 1 aromatic rings. The molecule has 1 heterocycles. The number of hydrogen-bond acceptors (Lipinski definition) is 3. The molecule has 0 aliphatic carbocycles. The Morgan fingerprint density at radius 1 is 1.47 bits per heavy atom. The van der Waals surface area contributed by atoms with Crippen molar-refractivity contribution in [2.24, 2.45) is 0 Å². The van der Waals surface area contributed by atoms with Gasteiger partial charge in [-0.2, -0.15) is 5.26 Å². The van der Waals surface area contributed by atoms with Crippen molar-refractivity contribution < 1.29 is 0 Å². The molecule has 15 heavy (non-hydrogen) atoms. The molecular weight excluding hydrogens is 186 g/mol. The summed E-state index contributed by atoms with van der Waals surface area (Å²) >= 11 is 0. The number of nitrogens with zero attached hydrogens (tertiary/aromatic N) is 2. The quantitative estimate of drug-likeness (QED) is 0.745. The molecule has 0 fully saturated rings. The zero-order valence-corrected chi connectivity index (χ0v) is 9.38. The van der Waals surface area contributed by atoms with E-state index in [1.165, 1.54) is 0 Å². The second-order valence-corrected chi connectivity index (χ2v) is 3.48. The number of pyridine rings is 1. The van der Waals surface area contributed by atoms with Crippen molar-refractivity contribution in [2.45, 2.75) is 33.2 Å². The van der Waals surface area contributed by atoms with Crippen molar-refractivity contribution in [3.63, 3.8) is 0 Å². The zero-order valence-electron chi connectivity index (χ0n) is 9.38. The SMILES string of the molecule is CCCNCc1cnc(CC)c(C#N)c1. The first-order valence-corrected chi connectivity index (χ1v) is 5.40. The van der Waals surface area contributed by atoms with Gasteiger partial charge in [-0.15, -0.1) is 0 Å². The summed E-state index contributed by atoms with van der Waals surface area (Å²) in [7, 11) is 0. The van der Waals surface area contributed by atoms with Gasteiger partial charge in [0.25, 0.3) is 0 Å². The summed E-state index contributed by atoms with van der Waals surface area (Å²) in [6.07, 6.45) is 3.78. The third kappa shape index (κ3) is 3.34. The van der Waals surface area contributed by atoms with Crippen molar-refractivity contribution in [2.75, 3.05) is 6.54 Å². The fraction of sp³-hybridized carbons (Fsp3) is 0.500. The summed E-state index contributed by atoms with van der Waals surface area (Å²) in [4.78, 5) is 4.28. The van der Waals surface area contributed by atoms with Crippen LogP contribution in [0.25, 0.3) is 0 Å². The van der Waals surface area contributed by atoms with Crippen molar-refractivity contribution in [1.82, 2.24) is 10.3 Å².